The van der Waals surface area contributed by atoms with Crippen molar-refractivity contribution in [3.05, 3.63) is 35.9 Å². The molecule has 1 nitrogen and oxygen atoms in total. The Bertz CT molecular complexity index is 273. The maximum Gasteiger partial charge on any atom is 0.0668 e. The highest BCUT2D eigenvalue weighted by Crippen LogP contribution is 2.17. The van der Waals surface area contributed by atoms with Crippen LogP contribution in [0.15, 0.2) is 30.3 Å². The van der Waals surface area contributed by atoms with Gasteiger partial charge in [-0.1, -0.05) is 72.4 Å². The summed E-state index contributed by atoms with van der Waals surface area (Å²) in [4.78, 5) is 0.173. The van der Waals surface area contributed by atoms with Gasteiger partial charge in [0, 0.05) is 4.83 Å². The minimum absolute atomic E-state index is 0.173. The van der Waals surface area contributed by atoms with Crippen molar-refractivity contribution in [3.8, 4) is 0 Å². The summed E-state index contributed by atoms with van der Waals surface area (Å²) in [7, 11) is 0. The number of hydrogen-bond acceptors (Lipinski definition) is 1. The lowest BCUT2D eigenvalue weighted by molar-refractivity contribution is 0.159. The van der Waals surface area contributed by atoms with Crippen LogP contribution in [0.4, 0.5) is 0 Å². The molecule has 2 unspecified atom stereocenters. The zero-order valence-electron chi connectivity index (χ0n) is 9.90. The Morgan fingerprint density at radius 2 is 1.88 bits per heavy atom. The molecule has 2 atom stereocenters. The van der Waals surface area contributed by atoms with Gasteiger partial charge >= 0.3 is 0 Å². The maximum absolute atomic E-state index is 9.96. The van der Waals surface area contributed by atoms with E-state index < -0.39 is 0 Å². The zero-order chi connectivity index (χ0) is 11.8. The van der Waals surface area contributed by atoms with Crippen LogP contribution in [-0.4, -0.2) is 16.0 Å². The zero-order valence-corrected chi connectivity index (χ0v) is 11.5. The van der Waals surface area contributed by atoms with Crippen LogP contribution in [0.2, 0.25) is 0 Å². The van der Waals surface area contributed by atoms with Crippen molar-refractivity contribution in [1.82, 2.24) is 0 Å². The van der Waals surface area contributed by atoms with E-state index in [2.05, 4.69) is 35.0 Å². The number of halogens is 1. The van der Waals surface area contributed by atoms with Gasteiger partial charge in [-0.25, -0.2) is 0 Å². The quantitative estimate of drug-likeness (QED) is 0.594. The maximum atomic E-state index is 9.96. The molecule has 0 heterocycles. The molecule has 0 amide bonds. The molecule has 1 aromatic rings. The summed E-state index contributed by atoms with van der Waals surface area (Å²) in [6.07, 6.45) is 5.10. The van der Waals surface area contributed by atoms with E-state index in [4.69, 9.17) is 0 Å². The van der Waals surface area contributed by atoms with E-state index in [1.807, 2.05) is 18.2 Å². The highest BCUT2D eigenvalue weighted by atomic mass is 79.9. The Morgan fingerprint density at radius 3 is 2.50 bits per heavy atom. The second-order valence-electron chi connectivity index (χ2n) is 4.27. The number of hydrogen-bond donors (Lipinski definition) is 1. The third kappa shape index (κ3) is 5.13. The van der Waals surface area contributed by atoms with Gasteiger partial charge in [-0.2, -0.15) is 0 Å². The molecule has 0 spiro atoms. The summed E-state index contributed by atoms with van der Waals surface area (Å²) in [5.74, 6) is 0. The highest BCUT2D eigenvalue weighted by Gasteiger charge is 2.15. The van der Waals surface area contributed by atoms with Gasteiger partial charge in [-0.05, 0) is 18.4 Å². The molecule has 16 heavy (non-hydrogen) atoms. The van der Waals surface area contributed by atoms with E-state index in [-0.39, 0.29) is 10.9 Å². The van der Waals surface area contributed by atoms with Gasteiger partial charge in [0.15, 0.2) is 0 Å². The average molecular weight is 285 g/mol. The monoisotopic (exact) mass is 284 g/mol. The lowest BCUT2D eigenvalue weighted by Gasteiger charge is -2.17. The molecule has 1 rings (SSSR count). The molecule has 0 saturated heterocycles. The molecule has 0 radical (unpaired) electrons. The molecule has 0 aromatic heterocycles. The molecule has 0 saturated carbocycles. The average Bonchev–Trinajstić information content (AvgIpc) is 2.30. The molecular weight excluding hydrogens is 264 g/mol. The van der Waals surface area contributed by atoms with Crippen molar-refractivity contribution in [1.29, 1.82) is 0 Å². The number of aliphatic hydroxyl groups excluding tert-OH is 1. The van der Waals surface area contributed by atoms with Gasteiger partial charge in [0.2, 0.25) is 0 Å². The second kappa shape index (κ2) is 7.86. The molecule has 0 aliphatic rings. The SMILES string of the molecule is CCCCCC(O)C(Br)Cc1ccccc1. The molecule has 0 aliphatic carbocycles. The minimum Gasteiger partial charge on any atom is -0.392 e. The Kier molecular flexibility index (Phi) is 6.74. The first kappa shape index (κ1) is 13.7. The Balaban J connectivity index is 2.31. The molecule has 1 N–H and O–H groups in total. The van der Waals surface area contributed by atoms with E-state index in [0.717, 1.165) is 19.3 Å². The fourth-order valence-electron chi connectivity index (χ4n) is 1.76. The van der Waals surface area contributed by atoms with Crippen LogP contribution in [0, 0.1) is 0 Å². The predicted octanol–water partition coefficient (Wildman–Crippen LogP) is 3.93. The molecular formula is C14H21BrO. The van der Waals surface area contributed by atoms with Gasteiger partial charge < -0.3 is 5.11 Å². The summed E-state index contributed by atoms with van der Waals surface area (Å²) in [5.41, 5.74) is 1.28. The molecule has 2 heteroatoms. The van der Waals surface area contributed by atoms with E-state index >= 15 is 0 Å². The number of unbranched alkanes of at least 4 members (excludes halogenated alkanes) is 2. The van der Waals surface area contributed by atoms with Crippen LogP contribution >= 0.6 is 15.9 Å². The normalized spacial score (nSPS) is 14.7. The van der Waals surface area contributed by atoms with E-state index in [1.165, 1.54) is 18.4 Å². The summed E-state index contributed by atoms with van der Waals surface area (Å²) in [6, 6.07) is 10.3. The van der Waals surface area contributed by atoms with Crippen molar-refractivity contribution >= 4 is 15.9 Å². The van der Waals surface area contributed by atoms with Gasteiger partial charge in [-0.15, -0.1) is 0 Å². The Labute approximate surface area is 107 Å². The van der Waals surface area contributed by atoms with Crippen LogP contribution in [0.25, 0.3) is 0 Å². The first-order valence-corrected chi connectivity index (χ1v) is 7.01. The molecule has 0 bridgehead atoms. The molecule has 90 valence electrons. The van der Waals surface area contributed by atoms with Crippen LogP contribution < -0.4 is 0 Å². The lowest BCUT2D eigenvalue weighted by atomic mass is 10.0. The summed E-state index contributed by atoms with van der Waals surface area (Å²) >= 11 is 3.58. The van der Waals surface area contributed by atoms with E-state index in [0.29, 0.717) is 0 Å². The van der Waals surface area contributed by atoms with Gasteiger partial charge in [-0.3, -0.25) is 0 Å². The molecule has 0 aliphatic heterocycles. The fraction of sp³-hybridized carbons (Fsp3) is 0.571. The van der Waals surface area contributed by atoms with Crippen LogP contribution in [-0.2, 0) is 6.42 Å². The third-order valence-corrected chi connectivity index (χ3v) is 3.73. The minimum atomic E-state index is -0.230. The first-order chi connectivity index (χ1) is 7.74. The number of benzene rings is 1. The predicted molar refractivity (Wildman–Crippen MR) is 73.0 cm³/mol. The number of aliphatic hydroxyl groups is 1. The van der Waals surface area contributed by atoms with Crippen LogP contribution in [0.1, 0.15) is 38.2 Å². The van der Waals surface area contributed by atoms with Crippen LogP contribution in [0.3, 0.4) is 0 Å². The lowest BCUT2D eigenvalue weighted by Crippen LogP contribution is -2.22. The van der Waals surface area contributed by atoms with Crippen molar-refractivity contribution < 1.29 is 5.11 Å². The van der Waals surface area contributed by atoms with Crippen LogP contribution in [0.5, 0.6) is 0 Å². The van der Waals surface area contributed by atoms with E-state index in [9.17, 15) is 5.11 Å². The first-order valence-electron chi connectivity index (χ1n) is 6.10. The largest absolute Gasteiger partial charge is 0.392 e. The summed E-state index contributed by atoms with van der Waals surface area (Å²) < 4.78 is 0. The van der Waals surface area contributed by atoms with E-state index in [1.54, 1.807) is 0 Å². The Morgan fingerprint density at radius 1 is 1.19 bits per heavy atom. The highest BCUT2D eigenvalue weighted by molar-refractivity contribution is 9.09. The molecule has 0 fully saturated rings. The molecule has 1 aromatic carbocycles. The number of rotatable bonds is 7. The Hall–Kier alpha value is -0.340. The topological polar surface area (TPSA) is 20.2 Å². The second-order valence-corrected chi connectivity index (χ2v) is 5.44. The van der Waals surface area contributed by atoms with Gasteiger partial charge in [0.1, 0.15) is 0 Å². The smallest absolute Gasteiger partial charge is 0.0668 e. The van der Waals surface area contributed by atoms with Crippen molar-refractivity contribution in [2.45, 2.75) is 50.0 Å². The summed E-state index contributed by atoms with van der Waals surface area (Å²) in [5, 5.41) is 9.96. The van der Waals surface area contributed by atoms with Crippen molar-refractivity contribution in [2.75, 3.05) is 0 Å². The standard InChI is InChI=1S/C14H21BrO/c1-2-3-5-10-14(16)13(15)11-12-8-6-4-7-9-12/h4,6-9,13-14,16H,2-3,5,10-11H2,1H3. The van der Waals surface area contributed by atoms with Crippen molar-refractivity contribution in [3.63, 3.8) is 0 Å². The third-order valence-electron chi connectivity index (χ3n) is 2.79. The number of alkyl halides is 1. The summed E-state index contributed by atoms with van der Waals surface area (Å²) in [6.45, 7) is 2.18. The van der Waals surface area contributed by atoms with Crippen molar-refractivity contribution in [2.24, 2.45) is 0 Å². The van der Waals surface area contributed by atoms with Gasteiger partial charge in [0.25, 0.3) is 0 Å². The fourth-order valence-corrected chi connectivity index (χ4v) is 2.40. The van der Waals surface area contributed by atoms with Gasteiger partial charge in [0.05, 0.1) is 6.10 Å².